The smallest absolute Gasteiger partial charge is 0.0733 e. The molecule has 120 heavy (non-hydrogen) atoms. The Hall–Kier alpha value is -15.6. The predicted molar refractivity (Wildman–Crippen MR) is 501 cm³/mol. The lowest BCUT2D eigenvalue weighted by molar-refractivity contribution is 0.761. The van der Waals surface area contributed by atoms with Crippen LogP contribution in [0.15, 0.2) is 461 Å². The van der Waals surface area contributed by atoms with E-state index in [0.717, 1.165) is 5.69 Å². The molecule has 4 heteroatoms. The van der Waals surface area contributed by atoms with Crippen LogP contribution in [0, 0.1) is 0 Å². The molecule has 0 saturated carbocycles. The molecule has 23 aromatic rings. The van der Waals surface area contributed by atoms with E-state index < -0.39 is 10.8 Å². The predicted octanol–water partition coefficient (Wildman–Crippen LogP) is 29.5. The molecule has 25 rings (SSSR count). The summed E-state index contributed by atoms with van der Waals surface area (Å²) in [6.07, 6.45) is 0. The van der Waals surface area contributed by atoms with E-state index in [4.69, 9.17) is 0 Å². The van der Waals surface area contributed by atoms with Crippen LogP contribution in [0.1, 0.15) is 44.5 Å². The quantitative estimate of drug-likeness (QED) is 0.123. The molecule has 0 N–H and O–H groups in total. The largest absolute Gasteiger partial charge is 0.309 e. The summed E-state index contributed by atoms with van der Waals surface area (Å²) in [7, 11) is 0. The van der Waals surface area contributed by atoms with Crippen molar-refractivity contribution in [3.8, 4) is 78.4 Å². The zero-order valence-electron chi connectivity index (χ0n) is 65.7. The Morgan fingerprint density at radius 1 is 0.142 bits per heavy atom. The molecule has 0 unspecified atom stereocenters. The second-order valence-electron chi connectivity index (χ2n) is 32.0. The minimum atomic E-state index is -0.529. The summed E-state index contributed by atoms with van der Waals surface area (Å²) in [4.78, 5) is 0. The highest BCUT2D eigenvalue weighted by molar-refractivity contribution is 6.15. The molecular formula is C116H76N4. The van der Waals surface area contributed by atoms with Gasteiger partial charge in [-0.25, -0.2) is 0 Å². The minimum absolute atomic E-state index is 0.519. The first-order valence-electron chi connectivity index (χ1n) is 41.6. The third-order valence-electron chi connectivity index (χ3n) is 26.0. The summed E-state index contributed by atoms with van der Waals surface area (Å²) in [5.74, 6) is 0. The summed E-state index contributed by atoms with van der Waals surface area (Å²) in [6.45, 7) is 0. The summed E-state index contributed by atoms with van der Waals surface area (Å²) >= 11 is 0. The third kappa shape index (κ3) is 10.3. The molecule has 0 radical (unpaired) electrons. The number of aromatic nitrogens is 4. The van der Waals surface area contributed by atoms with Crippen LogP contribution in [-0.2, 0) is 10.8 Å². The fourth-order valence-electron chi connectivity index (χ4n) is 21.0. The van der Waals surface area contributed by atoms with Gasteiger partial charge in [-0.1, -0.05) is 364 Å². The van der Waals surface area contributed by atoms with Gasteiger partial charge in [-0.05, 0) is 197 Å². The van der Waals surface area contributed by atoms with E-state index in [2.05, 4.69) is 479 Å². The summed E-state index contributed by atoms with van der Waals surface area (Å²) in [6, 6.07) is 170. The SMILES string of the molecule is c1ccc(-c2ccc(-n3c4ccccc4c4ccc(-c5ccc6c(c5)c5ccccc5n6-c5ccccc5C5(c6ccccc6)c6ccccc6-c6ccccc65)cc43)cc2)cc1.c1ccc(-n2c3ccccc3c3ccc(-c4ccc5c(c4)c4ccccc4n5-c4ccccc4C4(c5ccccc5)c5ccccc5-c5ccccc54)cc32)cc1. The first kappa shape index (κ1) is 68.8. The minimum Gasteiger partial charge on any atom is -0.309 e. The van der Waals surface area contributed by atoms with Crippen molar-refractivity contribution in [1.29, 1.82) is 0 Å². The first-order valence-corrected chi connectivity index (χ1v) is 41.6. The van der Waals surface area contributed by atoms with Crippen molar-refractivity contribution in [3.05, 3.63) is 506 Å². The van der Waals surface area contributed by atoms with Crippen molar-refractivity contribution in [1.82, 2.24) is 18.3 Å². The monoisotopic (exact) mass is 1520 g/mol. The van der Waals surface area contributed by atoms with E-state index in [9.17, 15) is 0 Å². The zero-order chi connectivity index (χ0) is 79.0. The molecule has 0 amide bonds. The fourth-order valence-corrected chi connectivity index (χ4v) is 21.0. The number of benzene rings is 19. The lowest BCUT2D eigenvalue weighted by atomic mass is 9.67. The van der Waals surface area contributed by atoms with Crippen molar-refractivity contribution in [2.24, 2.45) is 0 Å². The average molecular weight is 1530 g/mol. The molecular weight excluding hydrogens is 1450 g/mol. The molecule has 4 nitrogen and oxygen atoms in total. The van der Waals surface area contributed by atoms with Gasteiger partial charge in [-0.2, -0.15) is 0 Å². The van der Waals surface area contributed by atoms with Gasteiger partial charge in [0, 0.05) is 54.5 Å². The molecule has 560 valence electrons. The van der Waals surface area contributed by atoms with Gasteiger partial charge in [0.2, 0.25) is 0 Å². The molecule has 19 aromatic carbocycles. The Labute approximate surface area is 695 Å². The lowest BCUT2D eigenvalue weighted by Gasteiger charge is -2.35. The van der Waals surface area contributed by atoms with E-state index in [1.807, 2.05) is 0 Å². The van der Waals surface area contributed by atoms with Crippen LogP contribution < -0.4 is 0 Å². The van der Waals surface area contributed by atoms with Crippen molar-refractivity contribution >= 4 is 87.2 Å². The normalized spacial score (nSPS) is 13.0. The van der Waals surface area contributed by atoms with Gasteiger partial charge in [0.25, 0.3) is 0 Å². The number of fused-ring (bicyclic) bond motifs is 18. The Morgan fingerprint density at radius 2 is 0.400 bits per heavy atom. The molecule has 2 aliphatic rings. The van der Waals surface area contributed by atoms with Gasteiger partial charge >= 0.3 is 0 Å². The van der Waals surface area contributed by atoms with Crippen LogP contribution in [0.2, 0.25) is 0 Å². The Balaban J connectivity index is 0.000000137. The summed E-state index contributed by atoms with van der Waals surface area (Å²) in [5, 5.41) is 9.97. The lowest BCUT2D eigenvalue weighted by Crippen LogP contribution is -2.30. The Bertz CT molecular complexity index is 7920. The molecule has 0 fully saturated rings. The van der Waals surface area contributed by atoms with Gasteiger partial charge in [0.15, 0.2) is 0 Å². The maximum absolute atomic E-state index is 2.51. The molecule has 4 aromatic heterocycles. The van der Waals surface area contributed by atoms with Crippen molar-refractivity contribution in [3.63, 3.8) is 0 Å². The van der Waals surface area contributed by atoms with Gasteiger partial charge in [0.1, 0.15) is 0 Å². The number of para-hydroxylation sites is 7. The maximum Gasteiger partial charge on any atom is 0.0733 e. The van der Waals surface area contributed by atoms with Crippen LogP contribution in [0.5, 0.6) is 0 Å². The number of hydrogen-bond donors (Lipinski definition) is 0. The Kier molecular flexibility index (Phi) is 15.8. The molecule has 0 spiro atoms. The van der Waals surface area contributed by atoms with E-state index in [-0.39, 0.29) is 0 Å². The molecule has 0 saturated heterocycles. The van der Waals surface area contributed by atoms with Crippen LogP contribution in [0.4, 0.5) is 0 Å². The second kappa shape index (κ2) is 27.5. The van der Waals surface area contributed by atoms with Crippen LogP contribution >= 0.6 is 0 Å². The molecule has 0 atom stereocenters. The van der Waals surface area contributed by atoms with E-state index >= 15 is 0 Å². The highest BCUT2D eigenvalue weighted by Crippen LogP contribution is 2.60. The molecule has 0 bridgehead atoms. The van der Waals surface area contributed by atoms with Gasteiger partial charge < -0.3 is 18.3 Å². The fraction of sp³-hybridized carbons (Fsp3) is 0.0172. The number of rotatable bonds is 11. The first-order chi connectivity index (χ1) is 59.6. The molecule has 2 aliphatic carbocycles. The zero-order valence-corrected chi connectivity index (χ0v) is 65.7. The van der Waals surface area contributed by atoms with Crippen LogP contribution in [0.3, 0.4) is 0 Å². The van der Waals surface area contributed by atoms with E-state index in [1.54, 1.807) is 0 Å². The molecule has 4 heterocycles. The average Bonchev–Trinajstić information content (AvgIpc) is 1.55. The van der Waals surface area contributed by atoms with Crippen LogP contribution in [0.25, 0.3) is 166 Å². The molecule has 0 aliphatic heterocycles. The van der Waals surface area contributed by atoms with Gasteiger partial charge in [0.05, 0.1) is 66.3 Å². The maximum atomic E-state index is 2.51. The van der Waals surface area contributed by atoms with Crippen molar-refractivity contribution in [2.75, 3.05) is 0 Å². The second-order valence-corrected chi connectivity index (χ2v) is 32.0. The van der Waals surface area contributed by atoms with Crippen molar-refractivity contribution < 1.29 is 0 Å². The standard InChI is InChI=1S/C61H40N2.C55H36N2/c1-3-17-41(18-4-1)42-31-35-46(36-32-42)62-56-28-14-9-23-49(56)51-37-33-44(40-60(51)62)43-34-38-58-52(39-43)50-24-10-15-29-57(50)63(58)59-30-16-13-27-55(59)61(45-19-5-2-6-20-45)53-25-11-7-21-47(53)48-22-8-12-26-54(48)61;1-3-17-39(18-4-1)55(47-25-11-7-21-41(47)42-22-8-12-26-48(42)55)49-27-13-16-30-53(49)57-51-29-15-10-24-44(51)46-35-37(32-34-52(46)57)38-31-33-45-43-23-9-14-28-50(43)56(54(45)36-38)40-19-5-2-6-20-40/h1-40H;1-36H. The summed E-state index contributed by atoms with van der Waals surface area (Å²) < 4.78 is 9.84. The van der Waals surface area contributed by atoms with Gasteiger partial charge in [-0.3, -0.25) is 0 Å². The van der Waals surface area contributed by atoms with Crippen molar-refractivity contribution in [2.45, 2.75) is 10.8 Å². The number of nitrogens with zero attached hydrogens (tertiary/aromatic N) is 4. The summed E-state index contributed by atoms with van der Waals surface area (Å²) in [5.41, 5.74) is 35.9. The Morgan fingerprint density at radius 3 is 0.800 bits per heavy atom. The topological polar surface area (TPSA) is 19.7 Å². The third-order valence-corrected chi connectivity index (χ3v) is 26.0. The highest BCUT2D eigenvalue weighted by Gasteiger charge is 2.49. The van der Waals surface area contributed by atoms with E-state index in [1.165, 1.54) is 204 Å². The van der Waals surface area contributed by atoms with E-state index in [0.29, 0.717) is 0 Å². The number of hydrogen-bond acceptors (Lipinski definition) is 0. The van der Waals surface area contributed by atoms with Crippen LogP contribution in [-0.4, -0.2) is 18.3 Å². The van der Waals surface area contributed by atoms with Gasteiger partial charge in [-0.15, -0.1) is 0 Å². The highest BCUT2D eigenvalue weighted by atomic mass is 15.0.